The summed E-state index contributed by atoms with van der Waals surface area (Å²) in [6, 6.07) is 89.1. The van der Waals surface area contributed by atoms with E-state index in [0.717, 1.165) is 44.6 Å². The summed E-state index contributed by atoms with van der Waals surface area (Å²) in [6.45, 7) is 2.39. The second kappa shape index (κ2) is 14.4. The Balaban J connectivity index is 1.11. The molecule has 2 aliphatic rings. The molecular weight excluding hydrogens is 787 g/mol. The Morgan fingerprint density at radius 2 is 0.877 bits per heavy atom. The summed E-state index contributed by atoms with van der Waals surface area (Å²) < 4.78 is 6.93. The predicted octanol–water partition coefficient (Wildman–Crippen LogP) is 16.4. The maximum absolute atomic E-state index is 6.93. The first kappa shape index (κ1) is 37.4. The summed E-state index contributed by atoms with van der Waals surface area (Å²) in [5.74, 6) is 0. The molecule has 0 spiro atoms. The number of rotatable bonds is 7. The third-order valence-corrected chi connectivity index (χ3v) is 14.4. The summed E-state index contributed by atoms with van der Waals surface area (Å²) in [4.78, 5) is 2.46. The van der Waals surface area contributed by atoms with Gasteiger partial charge in [0.2, 0.25) is 0 Å². The van der Waals surface area contributed by atoms with Crippen molar-refractivity contribution in [2.24, 2.45) is 0 Å². The molecule has 306 valence electrons. The van der Waals surface area contributed by atoms with Crippen molar-refractivity contribution in [3.05, 3.63) is 282 Å². The molecule has 0 saturated carbocycles. The molecule has 0 aliphatic heterocycles. The lowest BCUT2D eigenvalue weighted by Crippen LogP contribution is -2.28. The summed E-state index contributed by atoms with van der Waals surface area (Å²) in [6.07, 6.45) is 0. The molecule has 11 aromatic rings. The first-order chi connectivity index (χ1) is 32.2. The van der Waals surface area contributed by atoms with Crippen molar-refractivity contribution in [2.45, 2.75) is 17.8 Å². The van der Waals surface area contributed by atoms with Crippen molar-refractivity contribution in [2.75, 3.05) is 4.90 Å². The fourth-order valence-electron chi connectivity index (χ4n) is 11.6. The van der Waals surface area contributed by atoms with Crippen LogP contribution in [-0.4, -0.2) is 0 Å². The Labute approximate surface area is 379 Å². The molecule has 10 aromatic carbocycles. The van der Waals surface area contributed by atoms with E-state index in [-0.39, 0.29) is 5.41 Å². The maximum atomic E-state index is 6.93. The van der Waals surface area contributed by atoms with Crippen LogP contribution < -0.4 is 4.90 Å². The molecule has 0 N–H and O–H groups in total. The number of para-hydroxylation sites is 3. The molecular formula is C63H43NO. The van der Waals surface area contributed by atoms with Gasteiger partial charge < -0.3 is 9.32 Å². The molecule has 2 aliphatic carbocycles. The lowest BCUT2D eigenvalue weighted by atomic mass is 9.67. The van der Waals surface area contributed by atoms with Gasteiger partial charge in [-0.3, -0.25) is 0 Å². The van der Waals surface area contributed by atoms with Crippen molar-refractivity contribution in [3.63, 3.8) is 0 Å². The van der Waals surface area contributed by atoms with E-state index in [1.165, 1.54) is 66.8 Å². The molecule has 65 heavy (non-hydrogen) atoms. The van der Waals surface area contributed by atoms with Crippen LogP contribution in [0.3, 0.4) is 0 Å². The Bertz CT molecular complexity index is 3580. The van der Waals surface area contributed by atoms with Crippen LogP contribution in [0.4, 0.5) is 17.1 Å². The zero-order valence-corrected chi connectivity index (χ0v) is 35.9. The maximum Gasteiger partial charge on any atom is 0.159 e. The van der Waals surface area contributed by atoms with Crippen molar-refractivity contribution < 1.29 is 4.42 Å². The van der Waals surface area contributed by atoms with E-state index in [2.05, 4.69) is 254 Å². The third-order valence-electron chi connectivity index (χ3n) is 14.4. The largest absolute Gasteiger partial charge is 0.454 e. The standard InChI is InChI=1S/C63H43NO/c1-62(42-21-5-2-6-22-42)53-33-15-12-30-52(53)60-50(31-19-35-55(60)62)48-28-13-17-36-57(48)64(58-37-20-32-51-49-29-14-18-38-59(49)65-61(51)58)45-39-40-47-46-27-11-16-34-54(46)63(56(47)41-45,43-23-7-3-8-24-43)44-25-9-4-10-26-44/h2-41H,1H3. The van der Waals surface area contributed by atoms with Gasteiger partial charge in [0.1, 0.15) is 5.58 Å². The quantitative estimate of drug-likeness (QED) is 0.159. The molecule has 0 bridgehead atoms. The van der Waals surface area contributed by atoms with Crippen LogP contribution >= 0.6 is 0 Å². The number of fused-ring (bicyclic) bond motifs is 9. The second-order valence-corrected chi connectivity index (χ2v) is 17.6. The highest BCUT2D eigenvalue weighted by molar-refractivity contribution is 6.11. The number of anilines is 3. The SMILES string of the molecule is CC1(c2ccccc2)c2ccccc2-c2c(-c3ccccc3N(c3ccc4c(c3)C(c3ccccc3)(c3ccccc3)c3ccccc3-4)c3cccc4c3oc3ccccc34)cccc21. The molecule has 2 nitrogen and oxygen atoms in total. The molecule has 13 rings (SSSR count). The topological polar surface area (TPSA) is 16.4 Å². The van der Waals surface area contributed by atoms with Gasteiger partial charge in [-0.05, 0) is 104 Å². The molecule has 1 unspecified atom stereocenters. The zero-order chi connectivity index (χ0) is 43.1. The van der Waals surface area contributed by atoms with Gasteiger partial charge in [0, 0.05) is 27.4 Å². The molecule has 2 heteroatoms. The van der Waals surface area contributed by atoms with Gasteiger partial charge in [-0.2, -0.15) is 0 Å². The monoisotopic (exact) mass is 829 g/mol. The van der Waals surface area contributed by atoms with Gasteiger partial charge in [-0.15, -0.1) is 0 Å². The Morgan fingerprint density at radius 1 is 0.354 bits per heavy atom. The van der Waals surface area contributed by atoms with E-state index in [1.54, 1.807) is 0 Å². The van der Waals surface area contributed by atoms with Crippen LogP contribution in [-0.2, 0) is 10.8 Å². The van der Waals surface area contributed by atoms with E-state index in [9.17, 15) is 0 Å². The third kappa shape index (κ3) is 5.29. The highest BCUT2D eigenvalue weighted by Crippen LogP contribution is 2.59. The number of benzene rings is 10. The van der Waals surface area contributed by atoms with Gasteiger partial charge >= 0.3 is 0 Å². The minimum atomic E-state index is -0.563. The summed E-state index contributed by atoms with van der Waals surface area (Å²) in [5.41, 5.74) is 20.3. The molecule has 1 atom stereocenters. The molecule has 0 radical (unpaired) electrons. The van der Waals surface area contributed by atoms with Crippen LogP contribution in [0.25, 0.3) is 55.3 Å². The summed E-state index contributed by atoms with van der Waals surface area (Å²) in [5, 5.41) is 2.19. The number of furan rings is 1. The van der Waals surface area contributed by atoms with Gasteiger partial charge in [0.25, 0.3) is 0 Å². The van der Waals surface area contributed by atoms with Crippen molar-refractivity contribution >= 4 is 39.0 Å². The van der Waals surface area contributed by atoms with Gasteiger partial charge in [0.05, 0.1) is 16.8 Å². The van der Waals surface area contributed by atoms with E-state index in [4.69, 9.17) is 4.42 Å². The molecule has 0 saturated heterocycles. The highest BCUT2D eigenvalue weighted by atomic mass is 16.3. The Morgan fingerprint density at radius 3 is 1.63 bits per heavy atom. The zero-order valence-electron chi connectivity index (χ0n) is 35.9. The van der Waals surface area contributed by atoms with E-state index in [1.807, 2.05) is 0 Å². The highest BCUT2D eigenvalue weighted by Gasteiger charge is 2.47. The van der Waals surface area contributed by atoms with E-state index >= 15 is 0 Å². The number of hydrogen-bond acceptors (Lipinski definition) is 2. The normalized spacial score (nSPS) is 15.3. The smallest absolute Gasteiger partial charge is 0.159 e. The molecule has 1 heterocycles. The lowest BCUT2D eigenvalue weighted by molar-refractivity contribution is 0.669. The summed E-state index contributed by atoms with van der Waals surface area (Å²) in [7, 11) is 0. The second-order valence-electron chi connectivity index (χ2n) is 17.6. The molecule has 0 fully saturated rings. The van der Waals surface area contributed by atoms with Crippen LogP contribution in [0.15, 0.2) is 247 Å². The average Bonchev–Trinajstić information content (AvgIpc) is 4.00. The minimum Gasteiger partial charge on any atom is -0.454 e. The van der Waals surface area contributed by atoms with Gasteiger partial charge in [-0.25, -0.2) is 0 Å². The van der Waals surface area contributed by atoms with E-state index in [0.29, 0.717) is 0 Å². The van der Waals surface area contributed by atoms with Crippen LogP contribution in [0.2, 0.25) is 0 Å². The fourth-order valence-corrected chi connectivity index (χ4v) is 11.6. The van der Waals surface area contributed by atoms with Crippen LogP contribution in [0.5, 0.6) is 0 Å². The number of nitrogens with zero attached hydrogens (tertiary/aromatic N) is 1. The fraction of sp³-hybridized carbons (Fsp3) is 0.0476. The molecule has 1 aromatic heterocycles. The summed E-state index contributed by atoms with van der Waals surface area (Å²) >= 11 is 0. The molecule has 0 amide bonds. The van der Waals surface area contributed by atoms with Crippen LogP contribution in [0.1, 0.15) is 45.9 Å². The minimum absolute atomic E-state index is 0.328. The van der Waals surface area contributed by atoms with Gasteiger partial charge in [0.15, 0.2) is 5.58 Å². The lowest BCUT2D eigenvalue weighted by Gasteiger charge is -2.35. The van der Waals surface area contributed by atoms with Crippen molar-refractivity contribution in [1.29, 1.82) is 0 Å². The van der Waals surface area contributed by atoms with Crippen molar-refractivity contribution in [1.82, 2.24) is 0 Å². The van der Waals surface area contributed by atoms with Crippen LogP contribution in [0, 0.1) is 0 Å². The Kier molecular flexibility index (Phi) is 8.29. The first-order valence-corrected chi connectivity index (χ1v) is 22.6. The average molecular weight is 830 g/mol. The predicted molar refractivity (Wildman–Crippen MR) is 269 cm³/mol. The first-order valence-electron chi connectivity index (χ1n) is 22.6. The van der Waals surface area contributed by atoms with Gasteiger partial charge in [-0.1, -0.05) is 212 Å². The van der Waals surface area contributed by atoms with E-state index < -0.39 is 5.41 Å². The number of hydrogen-bond donors (Lipinski definition) is 0. The van der Waals surface area contributed by atoms with Crippen molar-refractivity contribution in [3.8, 4) is 33.4 Å². The Hall–Kier alpha value is -8.20.